The van der Waals surface area contributed by atoms with E-state index in [2.05, 4.69) is 25.2 Å². The zero-order chi connectivity index (χ0) is 17.1. The molecule has 0 unspecified atom stereocenters. The third-order valence-corrected chi connectivity index (χ3v) is 4.29. The van der Waals surface area contributed by atoms with E-state index >= 15 is 0 Å². The van der Waals surface area contributed by atoms with Crippen LogP contribution in [-0.4, -0.2) is 40.0 Å². The molecule has 0 bridgehead atoms. The molecule has 1 amide bonds. The number of hydrogen-bond donors (Lipinski definition) is 2. The highest BCUT2D eigenvalue weighted by molar-refractivity contribution is 5.78. The van der Waals surface area contributed by atoms with Crippen LogP contribution in [0.15, 0.2) is 24.7 Å². The van der Waals surface area contributed by atoms with Crippen LogP contribution in [0.2, 0.25) is 0 Å². The van der Waals surface area contributed by atoms with Crippen molar-refractivity contribution in [1.29, 1.82) is 0 Å². The molecule has 2 aromatic rings. The zero-order valence-corrected chi connectivity index (χ0v) is 14.0. The van der Waals surface area contributed by atoms with Crippen LogP contribution in [-0.2, 0) is 4.79 Å². The number of nitrogens with two attached hydrogens (primary N) is 1. The van der Waals surface area contributed by atoms with Gasteiger partial charge in [0.15, 0.2) is 0 Å². The van der Waals surface area contributed by atoms with Crippen molar-refractivity contribution in [2.75, 3.05) is 23.7 Å². The summed E-state index contributed by atoms with van der Waals surface area (Å²) in [4.78, 5) is 26.5. The number of nitrogens with one attached hydrogen (secondary N) is 1. The first kappa shape index (κ1) is 16.2. The van der Waals surface area contributed by atoms with E-state index in [4.69, 9.17) is 5.73 Å². The summed E-state index contributed by atoms with van der Waals surface area (Å²) in [6.45, 7) is 5.22. The van der Waals surface area contributed by atoms with E-state index in [1.807, 2.05) is 13.0 Å². The van der Waals surface area contributed by atoms with E-state index in [-0.39, 0.29) is 11.9 Å². The van der Waals surface area contributed by atoms with E-state index in [0.717, 1.165) is 48.6 Å². The lowest BCUT2D eigenvalue weighted by Crippen LogP contribution is -2.44. The van der Waals surface area contributed by atoms with Gasteiger partial charge in [-0.1, -0.05) is 0 Å². The van der Waals surface area contributed by atoms with Crippen LogP contribution in [0.25, 0.3) is 11.1 Å². The van der Waals surface area contributed by atoms with Crippen molar-refractivity contribution in [3.63, 3.8) is 0 Å². The molecule has 7 nitrogen and oxygen atoms in total. The molecule has 1 aliphatic heterocycles. The summed E-state index contributed by atoms with van der Waals surface area (Å²) in [6, 6.07) is 3.97. The lowest BCUT2D eigenvalue weighted by Gasteiger charge is -2.34. The number of nitrogens with zero attached hydrogens (tertiary/aromatic N) is 4. The predicted octanol–water partition coefficient (Wildman–Crippen LogP) is 1.53. The molecule has 0 atom stereocenters. The molecular weight excluding hydrogens is 304 g/mol. The molecule has 3 N–H and O–H groups in total. The molecule has 3 heterocycles. The molecule has 126 valence electrons. The van der Waals surface area contributed by atoms with Crippen LogP contribution in [0.3, 0.4) is 0 Å². The van der Waals surface area contributed by atoms with Crippen molar-refractivity contribution in [1.82, 2.24) is 20.3 Å². The average molecular weight is 326 g/mol. The number of hydrogen-bond acceptors (Lipinski definition) is 6. The van der Waals surface area contributed by atoms with Gasteiger partial charge in [-0.05, 0) is 31.9 Å². The van der Waals surface area contributed by atoms with Crippen molar-refractivity contribution >= 4 is 17.5 Å². The van der Waals surface area contributed by atoms with Gasteiger partial charge in [0.05, 0.1) is 5.69 Å². The Labute approximate surface area is 141 Å². The summed E-state index contributed by atoms with van der Waals surface area (Å²) in [5, 5.41) is 3.00. The molecule has 1 aliphatic rings. The first-order chi connectivity index (χ1) is 11.5. The van der Waals surface area contributed by atoms with Crippen molar-refractivity contribution < 1.29 is 4.79 Å². The topological polar surface area (TPSA) is 97.0 Å². The molecule has 7 heteroatoms. The molecule has 1 fully saturated rings. The van der Waals surface area contributed by atoms with Crippen LogP contribution in [0.5, 0.6) is 0 Å². The largest absolute Gasteiger partial charge is 0.384 e. The summed E-state index contributed by atoms with van der Waals surface area (Å²) < 4.78 is 0. The molecule has 3 rings (SSSR count). The van der Waals surface area contributed by atoms with Crippen LogP contribution in [0.4, 0.5) is 11.6 Å². The van der Waals surface area contributed by atoms with Crippen molar-refractivity contribution in [3.05, 3.63) is 30.4 Å². The maximum atomic E-state index is 11.2. The Morgan fingerprint density at radius 2 is 2.00 bits per heavy atom. The maximum Gasteiger partial charge on any atom is 0.217 e. The number of pyridine rings is 1. The Balaban J connectivity index is 1.86. The van der Waals surface area contributed by atoms with Gasteiger partial charge in [-0.25, -0.2) is 15.0 Å². The third kappa shape index (κ3) is 3.45. The number of aromatic nitrogens is 3. The number of piperidine rings is 1. The van der Waals surface area contributed by atoms with Gasteiger partial charge in [-0.3, -0.25) is 4.79 Å². The third-order valence-electron chi connectivity index (χ3n) is 4.29. The highest BCUT2D eigenvalue weighted by Gasteiger charge is 2.24. The molecule has 0 aromatic carbocycles. The van der Waals surface area contributed by atoms with Crippen molar-refractivity contribution in [3.8, 4) is 11.1 Å². The fourth-order valence-electron chi connectivity index (χ4n) is 3.12. The summed E-state index contributed by atoms with van der Waals surface area (Å²) in [6.07, 6.45) is 5.16. The number of rotatable bonds is 3. The van der Waals surface area contributed by atoms with E-state index in [9.17, 15) is 4.79 Å². The fraction of sp³-hybridized carbons (Fsp3) is 0.412. The van der Waals surface area contributed by atoms with E-state index in [1.165, 1.54) is 0 Å². The minimum absolute atomic E-state index is 0.0277. The van der Waals surface area contributed by atoms with Gasteiger partial charge in [-0.15, -0.1) is 0 Å². The van der Waals surface area contributed by atoms with Crippen molar-refractivity contribution in [2.24, 2.45) is 0 Å². The van der Waals surface area contributed by atoms with E-state index in [0.29, 0.717) is 5.82 Å². The van der Waals surface area contributed by atoms with Gasteiger partial charge in [-0.2, -0.15) is 0 Å². The number of carbonyl (C=O) groups excluding carboxylic acids is 1. The van der Waals surface area contributed by atoms with Gasteiger partial charge >= 0.3 is 0 Å². The number of nitrogen functional groups attached to an aromatic ring is 1. The molecule has 0 radical (unpaired) electrons. The fourth-order valence-corrected chi connectivity index (χ4v) is 3.12. The smallest absolute Gasteiger partial charge is 0.217 e. The van der Waals surface area contributed by atoms with Gasteiger partial charge in [0.1, 0.15) is 18.0 Å². The first-order valence-electron chi connectivity index (χ1n) is 8.10. The lowest BCUT2D eigenvalue weighted by atomic mass is 10.0. The normalized spacial score (nSPS) is 15.3. The van der Waals surface area contributed by atoms with Crippen LogP contribution in [0.1, 0.15) is 25.5 Å². The van der Waals surface area contributed by atoms with Crippen LogP contribution < -0.4 is 16.0 Å². The molecule has 0 spiro atoms. The maximum absolute atomic E-state index is 11.2. The summed E-state index contributed by atoms with van der Waals surface area (Å²) in [7, 11) is 0. The predicted molar refractivity (Wildman–Crippen MR) is 93.5 cm³/mol. The number of carbonyl (C=O) groups is 1. The van der Waals surface area contributed by atoms with Gasteiger partial charge in [0, 0.05) is 43.4 Å². The molecular formula is C17H22N6O. The Hall–Kier alpha value is -2.70. The molecule has 1 saturated heterocycles. The number of aryl methyl sites for hydroxylation is 1. The lowest BCUT2D eigenvalue weighted by molar-refractivity contribution is -0.119. The molecule has 0 saturated carbocycles. The Morgan fingerprint density at radius 3 is 2.62 bits per heavy atom. The van der Waals surface area contributed by atoms with Crippen LogP contribution in [0, 0.1) is 6.92 Å². The van der Waals surface area contributed by atoms with E-state index < -0.39 is 0 Å². The SMILES string of the molecule is CC(=O)NC1CCN(c2ncnc(C)c2-c2ccc(N)nc2)CC1. The number of anilines is 2. The summed E-state index contributed by atoms with van der Waals surface area (Å²) in [5.74, 6) is 1.43. The second-order valence-electron chi connectivity index (χ2n) is 6.09. The number of amides is 1. The standard InChI is InChI=1S/C17H22N6O/c1-11-16(13-3-4-15(18)19-9-13)17(21-10-20-11)23-7-5-14(6-8-23)22-12(2)24/h3-4,9-10,14H,5-8H2,1-2H3,(H2,18,19)(H,22,24). The minimum Gasteiger partial charge on any atom is -0.384 e. The molecule has 0 aliphatic carbocycles. The second-order valence-corrected chi connectivity index (χ2v) is 6.09. The minimum atomic E-state index is 0.0277. The Morgan fingerprint density at radius 1 is 1.25 bits per heavy atom. The Kier molecular flexibility index (Phi) is 4.59. The zero-order valence-electron chi connectivity index (χ0n) is 14.0. The Bertz CT molecular complexity index is 722. The van der Waals surface area contributed by atoms with Gasteiger partial charge in [0.25, 0.3) is 0 Å². The highest BCUT2D eigenvalue weighted by atomic mass is 16.1. The van der Waals surface area contributed by atoms with Gasteiger partial charge < -0.3 is 16.0 Å². The van der Waals surface area contributed by atoms with Crippen LogP contribution >= 0.6 is 0 Å². The first-order valence-corrected chi connectivity index (χ1v) is 8.10. The van der Waals surface area contributed by atoms with Gasteiger partial charge in [0.2, 0.25) is 5.91 Å². The quantitative estimate of drug-likeness (QED) is 0.888. The average Bonchev–Trinajstić information content (AvgIpc) is 2.56. The second kappa shape index (κ2) is 6.82. The summed E-state index contributed by atoms with van der Waals surface area (Å²) >= 11 is 0. The summed E-state index contributed by atoms with van der Waals surface area (Å²) in [5.41, 5.74) is 8.55. The van der Waals surface area contributed by atoms with Crippen molar-refractivity contribution in [2.45, 2.75) is 32.7 Å². The molecule has 24 heavy (non-hydrogen) atoms. The highest BCUT2D eigenvalue weighted by Crippen LogP contribution is 2.32. The monoisotopic (exact) mass is 326 g/mol. The van der Waals surface area contributed by atoms with E-state index in [1.54, 1.807) is 25.5 Å². The molecule has 2 aromatic heterocycles.